The molecule has 0 saturated carbocycles. The summed E-state index contributed by atoms with van der Waals surface area (Å²) in [4.78, 5) is 14.1. The first-order valence-electron chi connectivity index (χ1n) is 7.95. The predicted molar refractivity (Wildman–Crippen MR) is 102 cm³/mol. The van der Waals surface area contributed by atoms with Crippen LogP contribution < -0.4 is 10.1 Å². The largest absolute Gasteiger partial charge is 0.493 e. The number of hydrogen-bond acceptors (Lipinski definition) is 3. The molecular weight excluding hydrogens is 368 g/mol. The van der Waals surface area contributed by atoms with Crippen LogP contribution in [0.2, 0.25) is 0 Å². The summed E-state index contributed by atoms with van der Waals surface area (Å²) in [6, 6.07) is 15.6. The van der Waals surface area contributed by atoms with Gasteiger partial charge in [0.15, 0.2) is 0 Å². The van der Waals surface area contributed by atoms with Crippen molar-refractivity contribution < 1.29 is 9.53 Å². The van der Waals surface area contributed by atoms with E-state index < -0.39 is 0 Å². The number of hydrogen-bond donors (Lipinski definition) is 1. The zero-order valence-corrected chi connectivity index (χ0v) is 15.7. The highest BCUT2D eigenvalue weighted by Crippen LogP contribution is 2.18. The summed E-state index contributed by atoms with van der Waals surface area (Å²) >= 11 is 3.39. The van der Waals surface area contributed by atoms with Crippen LogP contribution in [0.4, 0.5) is 5.69 Å². The van der Waals surface area contributed by atoms with E-state index in [2.05, 4.69) is 52.4 Å². The summed E-state index contributed by atoms with van der Waals surface area (Å²) in [5, 5.41) is 2.89. The topological polar surface area (TPSA) is 41.6 Å². The summed E-state index contributed by atoms with van der Waals surface area (Å²) in [5.74, 6) is 0.702. The number of carbonyl (C=O) groups is 1. The van der Waals surface area contributed by atoms with E-state index in [9.17, 15) is 4.79 Å². The SMILES string of the molecule is CN(C)CCc1ccc(NC(=O)CCOc2cccc(Br)c2)cc1. The molecule has 2 aromatic rings. The lowest BCUT2D eigenvalue weighted by atomic mass is 10.1. The molecule has 0 radical (unpaired) electrons. The fourth-order valence-electron chi connectivity index (χ4n) is 2.15. The first kappa shape index (κ1) is 18.5. The Morgan fingerprint density at radius 1 is 1.17 bits per heavy atom. The van der Waals surface area contributed by atoms with Crippen molar-refractivity contribution in [2.45, 2.75) is 12.8 Å². The van der Waals surface area contributed by atoms with Crippen molar-refractivity contribution >= 4 is 27.5 Å². The lowest BCUT2D eigenvalue weighted by Gasteiger charge is -2.10. The van der Waals surface area contributed by atoms with Gasteiger partial charge < -0.3 is 15.0 Å². The minimum atomic E-state index is -0.0500. The number of amides is 1. The standard InChI is InChI=1S/C19H23BrN2O2/c1-22(2)12-10-15-6-8-17(9-7-15)21-19(23)11-13-24-18-5-3-4-16(20)14-18/h3-9,14H,10-13H2,1-2H3,(H,21,23). The van der Waals surface area contributed by atoms with Gasteiger partial charge in [0.1, 0.15) is 5.75 Å². The Morgan fingerprint density at radius 2 is 1.92 bits per heavy atom. The number of nitrogens with one attached hydrogen (secondary N) is 1. The average Bonchev–Trinajstić information content (AvgIpc) is 2.54. The molecule has 4 nitrogen and oxygen atoms in total. The number of likely N-dealkylation sites (N-methyl/N-ethyl adjacent to an activating group) is 1. The summed E-state index contributed by atoms with van der Waals surface area (Å²) in [6.07, 6.45) is 1.32. The lowest BCUT2D eigenvalue weighted by Crippen LogP contribution is -2.16. The van der Waals surface area contributed by atoms with Gasteiger partial charge >= 0.3 is 0 Å². The Balaban J connectivity index is 1.73. The maximum atomic E-state index is 12.0. The number of nitrogens with zero attached hydrogens (tertiary/aromatic N) is 1. The minimum Gasteiger partial charge on any atom is -0.493 e. The highest BCUT2D eigenvalue weighted by atomic mass is 79.9. The van der Waals surface area contributed by atoms with Crippen LogP contribution in [0.15, 0.2) is 53.0 Å². The number of benzene rings is 2. The van der Waals surface area contributed by atoms with Gasteiger partial charge in [0.25, 0.3) is 0 Å². The van der Waals surface area contributed by atoms with Crippen LogP contribution in [-0.2, 0) is 11.2 Å². The number of halogens is 1. The molecule has 0 heterocycles. The molecule has 1 N–H and O–H groups in total. The summed E-state index contributed by atoms with van der Waals surface area (Å²) < 4.78 is 6.53. The molecule has 0 aliphatic heterocycles. The van der Waals surface area contributed by atoms with E-state index in [-0.39, 0.29) is 5.91 Å². The van der Waals surface area contributed by atoms with Crippen LogP contribution >= 0.6 is 15.9 Å². The number of anilines is 1. The Labute approximate surface area is 151 Å². The molecule has 0 aliphatic rings. The number of carbonyl (C=O) groups excluding carboxylic acids is 1. The molecule has 5 heteroatoms. The van der Waals surface area contributed by atoms with E-state index in [1.54, 1.807) is 0 Å². The van der Waals surface area contributed by atoms with Crippen LogP contribution in [0.5, 0.6) is 5.75 Å². The van der Waals surface area contributed by atoms with E-state index >= 15 is 0 Å². The molecule has 0 fully saturated rings. The van der Waals surface area contributed by atoms with Crippen LogP contribution in [0, 0.1) is 0 Å². The van der Waals surface area contributed by atoms with Crippen LogP contribution in [0.1, 0.15) is 12.0 Å². The average molecular weight is 391 g/mol. The van der Waals surface area contributed by atoms with Gasteiger partial charge in [-0.15, -0.1) is 0 Å². The van der Waals surface area contributed by atoms with Crippen molar-refractivity contribution in [3.63, 3.8) is 0 Å². The second kappa shape index (κ2) is 9.45. The molecule has 0 bridgehead atoms. The number of rotatable bonds is 8. The van der Waals surface area contributed by atoms with Crippen LogP contribution in [0.25, 0.3) is 0 Å². The zero-order valence-electron chi connectivity index (χ0n) is 14.1. The fourth-order valence-corrected chi connectivity index (χ4v) is 2.53. The highest BCUT2D eigenvalue weighted by Gasteiger charge is 2.04. The quantitative estimate of drug-likeness (QED) is 0.741. The van der Waals surface area contributed by atoms with E-state index in [0.717, 1.165) is 28.9 Å². The second-order valence-electron chi connectivity index (χ2n) is 5.85. The van der Waals surface area contributed by atoms with Crippen molar-refractivity contribution in [1.29, 1.82) is 0 Å². The third-order valence-electron chi connectivity index (χ3n) is 3.48. The van der Waals surface area contributed by atoms with Crippen molar-refractivity contribution in [3.8, 4) is 5.75 Å². The smallest absolute Gasteiger partial charge is 0.227 e. The van der Waals surface area contributed by atoms with E-state index in [0.29, 0.717) is 13.0 Å². The zero-order chi connectivity index (χ0) is 17.4. The van der Waals surface area contributed by atoms with Gasteiger partial charge in [-0.25, -0.2) is 0 Å². The molecule has 24 heavy (non-hydrogen) atoms. The van der Waals surface area contributed by atoms with Gasteiger partial charge in [0.2, 0.25) is 5.91 Å². The second-order valence-corrected chi connectivity index (χ2v) is 6.77. The molecule has 1 amide bonds. The Hall–Kier alpha value is -1.85. The molecule has 2 rings (SSSR count). The monoisotopic (exact) mass is 390 g/mol. The van der Waals surface area contributed by atoms with Crippen LogP contribution in [0.3, 0.4) is 0 Å². The Bertz CT molecular complexity index is 657. The predicted octanol–water partition coefficient (Wildman–Crippen LogP) is 3.96. The fraction of sp³-hybridized carbons (Fsp3) is 0.316. The molecule has 2 aromatic carbocycles. The molecule has 0 atom stereocenters. The number of ether oxygens (including phenoxy) is 1. The van der Waals surface area contributed by atoms with Crippen molar-refractivity contribution in [1.82, 2.24) is 4.90 Å². The van der Waals surface area contributed by atoms with Gasteiger partial charge in [-0.3, -0.25) is 4.79 Å². The van der Waals surface area contributed by atoms with Crippen molar-refractivity contribution in [3.05, 3.63) is 58.6 Å². The van der Waals surface area contributed by atoms with Gasteiger partial charge in [0, 0.05) is 16.7 Å². The summed E-state index contributed by atoms with van der Waals surface area (Å²) in [6.45, 7) is 1.36. The third kappa shape index (κ3) is 6.72. The van der Waals surface area contributed by atoms with Gasteiger partial charge in [-0.2, -0.15) is 0 Å². The summed E-state index contributed by atoms with van der Waals surface area (Å²) in [5.41, 5.74) is 2.08. The first-order valence-corrected chi connectivity index (χ1v) is 8.74. The molecule has 0 aliphatic carbocycles. The molecule has 0 unspecified atom stereocenters. The van der Waals surface area contributed by atoms with E-state index in [4.69, 9.17) is 4.74 Å². The lowest BCUT2D eigenvalue weighted by molar-refractivity contribution is -0.116. The normalized spacial score (nSPS) is 10.7. The van der Waals surface area contributed by atoms with E-state index in [1.165, 1.54) is 5.56 Å². The Kier molecular flexibility index (Phi) is 7.28. The van der Waals surface area contributed by atoms with Gasteiger partial charge in [-0.1, -0.05) is 34.1 Å². The van der Waals surface area contributed by atoms with Gasteiger partial charge in [-0.05, 0) is 56.4 Å². The summed E-state index contributed by atoms with van der Waals surface area (Å²) in [7, 11) is 4.12. The van der Waals surface area contributed by atoms with Crippen LogP contribution in [-0.4, -0.2) is 38.1 Å². The maximum Gasteiger partial charge on any atom is 0.227 e. The van der Waals surface area contributed by atoms with Crippen molar-refractivity contribution in [2.24, 2.45) is 0 Å². The molecule has 0 saturated heterocycles. The molecule has 0 aromatic heterocycles. The molecule has 128 valence electrons. The first-order chi connectivity index (χ1) is 11.5. The Morgan fingerprint density at radius 3 is 2.58 bits per heavy atom. The minimum absolute atomic E-state index is 0.0500. The van der Waals surface area contributed by atoms with Gasteiger partial charge in [0.05, 0.1) is 13.0 Å². The maximum absolute atomic E-state index is 12.0. The highest BCUT2D eigenvalue weighted by molar-refractivity contribution is 9.10. The molecular formula is C19H23BrN2O2. The van der Waals surface area contributed by atoms with Crippen molar-refractivity contribution in [2.75, 3.05) is 32.6 Å². The molecule has 0 spiro atoms. The van der Waals surface area contributed by atoms with E-state index in [1.807, 2.05) is 36.4 Å². The third-order valence-corrected chi connectivity index (χ3v) is 3.97.